The summed E-state index contributed by atoms with van der Waals surface area (Å²) in [5.41, 5.74) is 0.0706. The van der Waals surface area contributed by atoms with E-state index in [0.717, 1.165) is 0 Å². The summed E-state index contributed by atoms with van der Waals surface area (Å²) in [5.74, 6) is -0.365. The lowest BCUT2D eigenvalue weighted by Gasteiger charge is -2.34. The van der Waals surface area contributed by atoms with Crippen LogP contribution in [-0.4, -0.2) is 54.7 Å². The van der Waals surface area contributed by atoms with Crippen LogP contribution in [-0.2, 0) is 10.0 Å². The van der Waals surface area contributed by atoms with E-state index in [1.165, 1.54) is 21.3 Å². The van der Waals surface area contributed by atoms with Crippen LogP contribution in [0, 0.1) is 0 Å². The Kier molecular flexibility index (Phi) is 5.88. The molecule has 1 fully saturated rings. The number of hydrogen-bond donors (Lipinski definition) is 0. The van der Waals surface area contributed by atoms with E-state index in [2.05, 4.69) is 20.9 Å². The Labute approximate surface area is 169 Å². The minimum atomic E-state index is -3.64. The molecule has 26 heavy (non-hydrogen) atoms. The van der Waals surface area contributed by atoms with Crippen LogP contribution in [0.5, 0.6) is 0 Å². The van der Waals surface area contributed by atoms with Gasteiger partial charge in [0.15, 0.2) is 0 Å². The molecule has 0 aliphatic carbocycles. The third kappa shape index (κ3) is 3.89. The molecule has 0 saturated carbocycles. The number of rotatable bonds is 3. The first-order chi connectivity index (χ1) is 12.3. The summed E-state index contributed by atoms with van der Waals surface area (Å²) >= 11 is 15.1. The minimum absolute atomic E-state index is 0.0706. The maximum Gasteiger partial charge on any atom is 0.274 e. The number of benzene rings is 1. The van der Waals surface area contributed by atoms with Crippen molar-refractivity contribution in [2.75, 3.05) is 26.2 Å². The number of pyridine rings is 1. The van der Waals surface area contributed by atoms with Gasteiger partial charge < -0.3 is 4.90 Å². The lowest BCUT2D eigenvalue weighted by Crippen LogP contribution is -2.50. The second-order valence-electron chi connectivity index (χ2n) is 5.59. The van der Waals surface area contributed by atoms with Crippen LogP contribution in [0.25, 0.3) is 0 Å². The summed E-state index contributed by atoms with van der Waals surface area (Å²) in [6, 6.07) is 9.67. The van der Waals surface area contributed by atoms with Gasteiger partial charge in [-0.2, -0.15) is 4.31 Å². The van der Waals surface area contributed by atoms with Crippen LogP contribution in [0.2, 0.25) is 10.2 Å². The van der Waals surface area contributed by atoms with Crippen LogP contribution in [0.3, 0.4) is 0 Å². The molecule has 1 amide bonds. The molecule has 0 radical (unpaired) electrons. The van der Waals surface area contributed by atoms with Crippen molar-refractivity contribution < 1.29 is 13.2 Å². The fourth-order valence-corrected chi connectivity index (χ4v) is 5.36. The van der Waals surface area contributed by atoms with Gasteiger partial charge in [-0.25, -0.2) is 13.4 Å². The molecular formula is C16H14BrCl2N3O3S. The number of hydrogen-bond acceptors (Lipinski definition) is 4. The van der Waals surface area contributed by atoms with E-state index < -0.39 is 10.0 Å². The number of carbonyl (C=O) groups is 1. The van der Waals surface area contributed by atoms with E-state index in [-0.39, 0.29) is 52.9 Å². The van der Waals surface area contributed by atoms with Gasteiger partial charge in [0.1, 0.15) is 10.8 Å². The molecule has 1 aromatic carbocycles. The van der Waals surface area contributed by atoms with Crippen LogP contribution >= 0.6 is 39.1 Å². The van der Waals surface area contributed by atoms with Crippen LogP contribution in [0.1, 0.15) is 10.5 Å². The number of carbonyl (C=O) groups excluding carboxylic acids is 1. The van der Waals surface area contributed by atoms with Gasteiger partial charge in [-0.1, -0.05) is 35.3 Å². The van der Waals surface area contributed by atoms with Crippen molar-refractivity contribution in [3.8, 4) is 0 Å². The highest BCUT2D eigenvalue weighted by Gasteiger charge is 2.32. The van der Waals surface area contributed by atoms with Gasteiger partial charge in [-0.15, -0.1) is 0 Å². The van der Waals surface area contributed by atoms with Gasteiger partial charge in [0.05, 0.1) is 9.92 Å². The van der Waals surface area contributed by atoms with Crippen molar-refractivity contribution in [3.63, 3.8) is 0 Å². The first kappa shape index (κ1) is 19.6. The summed E-state index contributed by atoms with van der Waals surface area (Å²) in [4.78, 5) is 18.3. The number of piperazine rings is 1. The number of nitrogens with zero attached hydrogens (tertiary/aromatic N) is 3. The second kappa shape index (κ2) is 7.82. The van der Waals surface area contributed by atoms with Crippen LogP contribution in [0.15, 0.2) is 45.8 Å². The second-order valence-corrected chi connectivity index (χ2v) is 9.15. The normalized spacial score (nSPS) is 15.9. The van der Waals surface area contributed by atoms with Gasteiger partial charge in [-0.3, -0.25) is 4.79 Å². The van der Waals surface area contributed by atoms with Crippen molar-refractivity contribution in [2.24, 2.45) is 0 Å². The molecule has 0 unspecified atom stereocenters. The summed E-state index contributed by atoms with van der Waals surface area (Å²) in [6.07, 6.45) is 0. The standard InChI is InChI=1S/C16H14BrCl2N3O3S/c17-11-3-1-2-4-13(11)26(24,25)22-9-7-21(8-10-22)16(23)15-12(18)5-6-14(19)20-15/h1-6H,7-10H2. The fraction of sp³-hybridized carbons (Fsp3) is 0.250. The first-order valence-corrected chi connectivity index (χ1v) is 10.7. The molecule has 1 aliphatic rings. The summed E-state index contributed by atoms with van der Waals surface area (Å²) in [5, 5.41) is 0.385. The maximum atomic E-state index is 12.8. The van der Waals surface area contributed by atoms with Gasteiger partial charge >= 0.3 is 0 Å². The average Bonchev–Trinajstić information content (AvgIpc) is 2.63. The van der Waals surface area contributed by atoms with Crippen LogP contribution < -0.4 is 0 Å². The van der Waals surface area contributed by atoms with Crippen LogP contribution in [0.4, 0.5) is 0 Å². The molecule has 6 nitrogen and oxygen atoms in total. The molecule has 138 valence electrons. The molecule has 10 heteroatoms. The van der Waals surface area contributed by atoms with Crippen molar-refractivity contribution in [3.05, 3.63) is 56.7 Å². The maximum absolute atomic E-state index is 12.8. The molecule has 0 atom stereocenters. The average molecular weight is 479 g/mol. The van der Waals surface area contributed by atoms with E-state index in [4.69, 9.17) is 23.2 Å². The number of sulfonamides is 1. The Hall–Kier alpha value is -1.19. The van der Waals surface area contributed by atoms with E-state index >= 15 is 0 Å². The topological polar surface area (TPSA) is 70.6 Å². The lowest BCUT2D eigenvalue weighted by molar-refractivity contribution is 0.0692. The molecule has 0 N–H and O–H groups in total. The quantitative estimate of drug-likeness (QED) is 0.634. The Bertz CT molecular complexity index is 948. The minimum Gasteiger partial charge on any atom is -0.335 e. The number of aromatic nitrogens is 1. The number of halogens is 3. The molecular weight excluding hydrogens is 465 g/mol. The highest BCUT2D eigenvalue weighted by molar-refractivity contribution is 9.10. The zero-order valence-electron chi connectivity index (χ0n) is 13.4. The Morgan fingerprint density at radius 3 is 2.35 bits per heavy atom. The zero-order chi connectivity index (χ0) is 18.9. The molecule has 1 aromatic heterocycles. The third-order valence-corrected chi connectivity index (χ3v) is 7.42. The summed E-state index contributed by atoms with van der Waals surface area (Å²) in [6.45, 7) is 0.862. The molecule has 3 rings (SSSR count). The highest BCUT2D eigenvalue weighted by atomic mass is 79.9. The largest absolute Gasteiger partial charge is 0.335 e. The first-order valence-electron chi connectivity index (χ1n) is 7.66. The third-order valence-electron chi connectivity index (χ3n) is 3.99. The predicted octanol–water partition coefficient (Wildman–Crippen LogP) is 3.30. The van der Waals surface area contributed by atoms with Gasteiger partial charge in [0, 0.05) is 30.7 Å². The van der Waals surface area contributed by atoms with Gasteiger partial charge in [0.2, 0.25) is 10.0 Å². The van der Waals surface area contributed by atoms with Gasteiger partial charge in [0.25, 0.3) is 5.91 Å². The molecule has 1 aliphatic heterocycles. The van der Waals surface area contributed by atoms with E-state index in [0.29, 0.717) is 4.47 Å². The molecule has 0 spiro atoms. The van der Waals surface area contributed by atoms with E-state index in [9.17, 15) is 13.2 Å². The zero-order valence-corrected chi connectivity index (χ0v) is 17.3. The summed E-state index contributed by atoms with van der Waals surface area (Å²) in [7, 11) is -3.64. The summed E-state index contributed by atoms with van der Waals surface area (Å²) < 4.78 is 27.5. The van der Waals surface area contributed by atoms with Crippen molar-refractivity contribution in [2.45, 2.75) is 4.90 Å². The van der Waals surface area contributed by atoms with E-state index in [1.807, 2.05) is 0 Å². The molecule has 0 bridgehead atoms. The molecule has 1 saturated heterocycles. The van der Waals surface area contributed by atoms with Crippen molar-refractivity contribution >= 4 is 55.1 Å². The SMILES string of the molecule is O=C(c1nc(Cl)ccc1Cl)N1CCN(S(=O)(=O)c2ccccc2Br)CC1. The molecule has 2 aromatic rings. The van der Waals surface area contributed by atoms with E-state index in [1.54, 1.807) is 24.3 Å². The Morgan fingerprint density at radius 2 is 1.69 bits per heavy atom. The smallest absolute Gasteiger partial charge is 0.274 e. The Balaban J connectivity index is 1.74. The number of amides is 1. The highest BCUT2D eigenvalue weighted by Crippen LogP contribution is 2.26. The predicted molar refractivity (Wildman–Crippen MR) is 103 cm³/mol. The van der Waals surface area contributed by atoms with Crippen molar-refractivity contribution in [1.82, 2.24) is 14.2 Å². The molecule has 2 heterocycles. The van der Waals surface area contributed by atoms with Crippen molar-refractivity contribution in [1.29, 1.82) is 0 Å². The Morgan fingerprint density at radius 1 is 1.04 bits per heavy atom. The fourth-order valence-electron chi connectivity index (χ4n) is 2.64. The lowest BCUT2D eigenvalue weighted by atomic mass is 10.3. The monoisotopic (exact) mass is 477 g/mol. The van der Waals surface area contributed by atoms with Gasteiger partial charge in [-0.05, 0) is 40.2 Å².